The minimum Gasteiger partial charge on any atom is -0.468 e. The molecule has 1 aliphatic heterocycles. The predicted octanol–water partition coefficient (Wildman–Crippen LogP) is 3.84. The summed E-state index contributed by atoms with van der Waals surface area (Å²) in [4.78, 5) is 56.1. The number of rotatable bonds is 6. The molecule has 0 atom stereocenters. The molecule has 1 saturated heterocycles. The molecule has 0 radical (unpaired) electrons. The zero-order valence-corrected chi connectivity index (χ0v) is 23.4. The van der Waals surface area contributed by atoms with Crippen molar-refractivity contribution >= 4 is 58.5 Å². The SMILES string of the molecule is COC(=O)CNC(=O)c1ccc(NC(=O)c2[nH]c(C)c(Cl)c2Cl)c(N2CCN(C(=O)OC(C)(C)C)CC2)c1. The minimum atomic E-state index is -0.613. The Kier molecular flexibility index (Phi) is 9.16. The number of esters is 1. The van der Waals surface area contributed by atoms with Gasteiger partial charge in [0.1, 0.15) is 17.8 Å². The van der Waals surface area contributed by atoms with Gasteiger partial charge < -0.3 is 34.9 Å². The molecule has 3 amide bonds. The number of benzene rings is 1. The van der Waals surface area contributed by atoms with E-state index in [1.54, 1.807) is 44.7 Å². The summed E-state index contributed by atoms with van der Waals surface area (Å²) < 4.78 is 10.0. The van der Waals surface area contributed by atoms with Gasteiger partial charge in [-0.15, -0.1) is 0 Å². The summed E-state index contributed by atoms with van der Waals surface area (Å²) >= 11 is 12.3. The van der Waals surface area contributed by atoms with Gasteiger partial charge in [-0.25, -0.2) is 4.79 Å². The monoisotopic (exact) mass is 567 g/mol. The number of hydrogen-bond acceptors (Lipinski definition) is 7. The molecule has 3 N–H and O–H groups in total. The molecule has 3 rings (SSSR count). The molecule has 0 unspecified atom stereocenters. The average Bonchev–Trinajstić information content (AvgIpc) is 3.13. The molecule has 1 aromatic heterocycles. The van der Waals surface area contributed by atoms with Crippen LogP contribution in [0.15, 0.2) is 18.2 Å². The number of nitrogens with zero attached hydrogens (tertiary/aromatic N) is 2. The summed E-state index contributed by atoms with van der Waals surface area (Å²) in [6.45, 7) is 8.41. The lowest BCUT2D eigenvalue weighted by molar-refractivity contribution is -0.139. The van der Waals surface area contributed by atoms with Crippen LogP contribution in [0.1, 0.15) is 47.3 Å². The number of aromatic nitrogens is 1. The van der Waals surface area contributed by atoms with E-state index in [0.717, 1.165) is 0 Å². The largest absolute Gasteiger partial charge is 0.468 e. The van der Waals surface area contributed by atoms with E-state index in [-0.39, 0.29) is 27.8 Å². The van der Waals surface area contributed by atoms with Gasteiger partial charge >= 0.3 is 12.1 Å². The quantitative estimate of drug-likeness (QED) is 0.451. The van der Waals surface area contributed by atoms with Crippen LogP contribution < -0.4 is 15.5 Å². The van der Waals surface area contributed by atoms with E-state index in [2.05, 4.69) is 20.4 Å². The van der Waals surface area contributed by atoms with Crippen LogP contribution in [0.2, 0.25) is 10.0 Å². The van der Waals surface area contributed by atoms with Crippen molar-refractivity contribution in [1.29, 1.82) is 0 Å². The zero-order chi connectivity index (χ0) is 28.2. The molecule has 0 aliphatic carbocycles. The van der Waals surface area contributed by atoms with Crippen molar-refractivity contribution in [1.82, 2.24) is 15.2 Å². The molecular formula is C25H31Cl2N5O6. The summed E-state index contributed by atoms with van der Waals surface area (Å²) in [5.74, 6) is -1.59. The molecule has 13 heteroatoms. The summed E-state index contributed by atoms with van der Waals surface area (Å²) in [5, 5.41) is 5.69. The van der Waals surface area contributed by atoms with Gasteiger partial charge in [0.25, 0.3) is 11.8 Å². The lowest BCUT2D eigenvalue weighted by Gasteiger charge is -2.37. The summed E-state index contributed by atoms with van der Waals surface area (Å²) in [6.07, 6.45) is -0.407. The van der Waals surface area contributed by atoms with E-state index in [9.17, 15) is 19.2 Å². The summed E-state index contributed by atoms with van der Waals surface area (Å²) in [5.41, 5.74) is 1.29. The molecule has 0 bridgehead atoms. The number of hydrogen-bond donors (Lipinski definition) is 3. The number of carbonyl (C=O) groups excluding carboxylic acids is 4. The van der Waals surface area contributed by atoms with E-state index in [1.807, 2.05) is 4.90 Å². The summed E-state index contributed by atoms with van der Waals surface area (Å²) in [7, 11) is 1.23. The Morgan fingerprint density at radius 3 is 2.24 bits per heavy atom. The number of aryl methyl sites for hydroxylation is 1. The molecule has 0 spiro atoms. The van der Waals surface area contributed by atoms with Crippen LogP contribution >= 0.6 is 23.2 Å². The first-order chi connectivity index (χ1) is 17.8. The van der Waals surface area contributed by atoms with Gasteiger partial charge in [0.05, 0.1) is 28.5 Å². The first kappa shape index (κ1) is 29.1. The van der Waals surface area contributed by atoms with Crippen molar-refractivity contribution in [2.45, 2.75) is 33.3 Å². The Balaban J connectivity index is 1.85. The number of H-pyrrole nitrogens is 1. The van der Waals surface area contributed by atoms with Gasteiger partial charge in [-0.05, 0) is 45.9 Å². The molecule has 38 heavy (non-hydrogen) atoms. The Morgan fingerprint density at radius 1 is 1.03 bits per heavy atom. The van der Waals surface area contributed by atoms with Crippen molar-refractivity contribution in [3.05, 3.63) is 45.2 Å². The molecule has 0 saturated carbocycles. The highest BCUT2D eigenvalue weighted by Gasteiger charge is 2.28. The second kappa shape index (κ2) is 12.0. The summed E-state index contributed by atoms with van der Waals surface area (Å²) in [6, 6.07) is 4.73. The number of anilines is 2. The maximum absolute atomic E-state index is 13.0. The lowest BCUT2D eigenvalue weighted by Crippen LogP contribution is -2.50. The highest BCUT2D eigenvalue weighted by Crippen LogP contribution is 2.32. The van der Waals surface area contributed by atoms with Crippen LogP contribution in [0.3, 0.4) is 0 Å². The molecule has 1 fully saturated rings. The van der Waals surface area contributed by atoms with Gasteiger partial charge in [-0.1, -0.05) is 23.2 Å². The molecular weight excluding hydrogens is 537 g/mol. The van der Waals surface area contributed by atoms with E-state index in [1.165, 1.54) is 13.2 Å². The van der Waals surface area contributed by atoms with E-state index in [4.69, 9.17) is 27.9 Å². The topological polar surface area (TPSA) is 133 Å². The van der Waals surface area contributed by atoms with Crippen LogP contribution in [-0.2, 0) is 14.3 Å². The smallest absolute Gasteiger partial charge is 0.410 e. The molecule has 11 nitrogen and oxygen atoms in total. The number of methoxy groups -OCH3 is 1. The maximum Gasteiger partial charge on any atom is 0.410 e. The van der Waals surface area contributed by atoms with Crippen LogP contribution in [-0.4, -0.2) is 79.2 Å². The van der Waals surface area contributed by atoms with Gasteiger partial charge in [-0.2, -0.15) is 0 Å². The average molecular weight is 568 g/mol. The van der Waals surface area contributed by atoms with Crippen molar-refractivity contribution in [3.63, 3.8) is 0 Å². The third kappa shape index (κ3) is 7.11. The molecule has 2 heterocycles. The van der Waals surface area contributed by atoms with Crippen molar-refractivity contribution in [2.24, 2.45) is 0 Å². The standard InChI is InChI=1S/C25H31Cl2N5O6/c1-14-19(26)20(27)21(29-14)23(35)30-16-7-6-15(22(34)28-13-18(33)37-5)12-17(16)31-8-10-32(11-9-31)24(36)38-25(2,3)4/h6-7,12,29H,8-11,13H2,1-5H3,(H,28,34)(H,30,35). The van der Waals surface area contributed by atoms with Crippen LogP contribution in [0.4, 0.5) is 16.2 Å². The Hall–Kier alpha value is -3.44. The molecule has 206 valence electrons. The fourth-order valence-corrected chi connectivity index (χ4v) is 4.15. The number of ether oxygens (including phenoxy) is 2. The van der Waals surface area contributed by atoms with Crippen LogP contribution in [0, 0.1) is 6.92 Å². The Bertz CT molecular complexity index is 1230. The highest BCUT2D eigenvalue weighted by molar-refractivity contribution is 6.44. The Labute approximate surface area is 230 Å². The van der Waals surface area contributed by atoms with Gasteiger partial charge in [0.15, 0.2) is 0 Å². The molecule has 1 aliphatic rings. The van der Waals surface area contributed by atoms with E-state index in [0.29, 0.717) is 43.2 Å². The second-order valence-corrected chi connectivity index (χ2v) is 10.4. The first-order valence-electron chi connectivity index (χ1n) is 11.9. The molecule has 1 aromatic carbocycles. The highest BCUT2D eigenvalue weighted by atomic mass is 35.5. The number of carbonyl (C=O) groups is 4. The second-order valence-electron chi connectivity index (χ2n) is 9.65. The van der Waals surface area contributed by atoms with Gasteiger partial charge in [-0.3, -0.25) is 14.4 Å². The molecule has 2 aromatic rings. The number of aromatic amines is 1. The fourth-order valence-electron chi connectivity index (χ4n) is 3.74. The van der Waals surface area contributed by atoms with E-state index >= 15 is 0 Å². The van der Waals surface area contributed by atoms with Crippen LogP contribution in [0.5, 0.6) is 0 Å². The first-order valence-corrected chi connectivity index (χ1v) is 12.6. The van der Waals surface area contributed by atoms with E-state index < -0.39 is 29.5 Å². The van der Waals surface area contributed by atoms with Crippen molar-refractivity contribution in [3.8, 4) is 0 Å². The third-order valence-electron chi connectivity index (χ3n) is 5.68. The third-order valence-corrected chi connectivity index (χ3v) is 6.63. The number of piperazine rings is 1. The van der Waals surface area contributed by atoms with Gasteiger partial charge in [0, 0.05) is 37.4 Å². The van der Waals surface area contributed by atoms with Crippen molar-refractivity contribution < 1.29 is 28.7 Å². The van der Waals surface area contributed by atoms with Crippen molar-refractivity contribution in [2.75, 3.05) is 50.1 Å². The fraction of sp³-hybridized carbons (Fsp3) is 0.440. The predicted molar refractivity (Wildman–Crippen MR) is 144 cm³/mol. The zero-order valence-electron chi connectivity index (χ0n) is 21.9. The number of halogens is 2. The maximum atomic E-state index is 13.0. The van der Waals surface area contributed by atoms with Crippen LogP contribution in [0.25, 0.3) is 0 Å². The number of amides is 3. The Morgan fingerprint density at radius 2 is 1.68 bits per heavy atom. The minimum absolute atomic E-state index is 0.105. The van der Waals surface area contributed by atoms with Gasteiger partial charge in [0.2, 0.25) is 0 Å². The number of nitrogens with one attached hydrogen (secondary N) is 3. The normalized spacial score (nSPS) is 13.7. The lowest BCUT2D eigenvalue weighted by atomic mass is 10.1.